The maximum absolute atomic E-state index is 4.08. The molecule has 0 amide bonds. The molecular formula is C18H20CuN4S4. The fraction of sp³-hybridized carbons (Fsp3) is 0.111. The summed E-state index contributed by atoms with van der Waals surface area (Å²) in [5.74, 6) is 0. The second kappa shape index (κ2) is 16.9. The molecule has 0 fully saturated rings. The van der Waals surface area contributed by atoms with E-state index in [1.165, 1.54) is 23.5 Å². The summed E-state index contributed by atoms with van der Waals surface area (Å²) < 4.78 is 1.32. The third kappa shape index (κ3) is 13.6. The van der Waals surface area contributed by atoms with Gasteiger partial charge in [0.2, 0.25) is 0 Å². The molecule has 2 aromatic rings. The zero-order chi connectivity index (χ0) is 19.0. The molecule has 2 rings (SSSR count). The van der Waals surface area contributed by atoms with Crippen molar-refractivity contribution in [2.75, 3.05) is 12.5 Å². The van der Waals surface area contributed by atoms with Crippen LogP contribution < -0.4 is 0 Å². The van der Waals surface area contributed by atoms with Crippen molar-refractivity contribution in [1.82, 2.24) is 0 Å². The van der Waals surface area contributed by atoms with Crippen molar-refractivity contribution in [3.63, 3.8) is 0 Å². The van der Waals surface area contributed by atoms with Gasteiger partial charge in [-0.25, -0.2) is 0 Å². The van der Waals surface area contributed by atoms with E-state index in [2.05, 4.69) is 45.5 Å². The van der Waals surface area contributed by atoms with E-state index in [9.17, 15) is 0 Å². The molecule has 9 heteroatoms. The molecule has 0 atom stereocenters. The van der Waals surface area contributed by atoms with Gasteiger partial charge < -0.3 is 21.1 Å². The minimum Gasteiger partial charge on any atom is -0.520 e. The van der Waals surface area contributed by atoms with Gasteiger partial charge in [0.15, 0.2) is 33.1 Å². The van der Waals surface area contributed by atoms with Crippen LogP contribution in [0, 0.1) is 0 Å². The smallest absolute Gasteiger partial charge is 0.174 e. The van der Waals surface area contributed by atoms with Crippen LogP contribution >= 0.6 is 23.5 Å². The van der Waals surface area contributed by atoms with E-state index in [-0.39, 0.29) is 17.1 Å². The maximum Gasteiger partial charge on any atom is 0.174 e. The van der Waals surface area contributed by atoms with Crippen LogP contribution in [0.2, 0.25) is 0 Å². The molecule has 0 saturated heterocycles. The minimum absolute atomic E-state index is 0. The summed E-state index contributed by atoms with van der Waals surface area (Å²) in [7, 11) is 0. The van der Waals surface area contributed by atoms with Gasteiger partial charge in [-0.15, -0.1) is 0 Å². The molecule has 0 aliphatic heterocycles. The van der Waals surface area contributed by atoms with E-state index < -0.39 is 0 Å². The zero-order valence-corrected chi connectivity index (χ0v) is 19.1. The number of hydrogen-bond acceptors (Lipinski definition) is 4. The molecule has 2 aromatic carbocycles. The molecule has 0 N–H and O–H groups in total. The van der Waals surface area contributed by atoms with Gasteiger partial charge in [-0.3, -0.25) is 0 Å². The van der Waals surface area contributed by atoms with E-state index in [1.54, 1.807) is 12.4 Å². The van der Waals surface area contributed by atoms with Crippen LogP contribution in [-0.2, 0) is 41.5 Å². The predicted octanol–water partition coefficient (Wildman–Crippen LogP) is 4.25. The van der Waals surface area contributed by atoms with Gasteiger partial charge in [0, 0.05) is 29.5 Å². The third-order valence-corrected chi connectivity index (χ3v) is 4.83. The normalized spacial score (nSPS) is 9.85. The Morgan fingerprint density at radius 3 is 1.37 bits per heavy atom. The molecule has 0 saturated carbocycles. The topological polar surface area (TPSA) is 52.9 Å². The first-order valence-corrected chi connectivity index (χ1v) is 10.8. The summed E-state index contributed by atoms with van der Waals surface area (Å²) in [6, 6.07) is 19.6. The molecule has 0 aliphatic carbocycles. The molecule has 0 unspecified atom stereocenters. The molecule has 147 valence electrons. The van der Waals surface area contributed by atoms with Crippen molar-refractivity contribution in [2.45, 2.75) is 0 Å². The van der Waals surface area contributed by atoms with Gasteiger partial charge in [-0.1, -0.05) is 84.2 Å². The Morgan fingerprint density at radius 1 is 0.741 bits per heavy atom. The van der Waals surface area contributed by atoms with Crippen LogP contribution in [0.3, 0.4) is 0 Å². The fourth-order valence-corrected chi connectivity index (χ4v) is 1.81. The molecular weight excluding hydrogens is 464 g/mol. The van der Waals surface area contributed by atoms with Gasteiger partial charge in [0.05, 0.1) is 0 Å². The molecule has 0 heterocycles. The first-order valence-electron chi connectivity index (χ1n) is 7.43. The van der Waals surface area contributed by atoms with Crippen molar-refractivity contribution in [2.24, 2.45) is 10.2 Å². The number of thioether (sulfide) groups is 2. The van der Waals surface area contributed by atoms with Crippen LogP contribution in [0.1, 0.15) is 11.1 Å². The molecule has 4 nitrogen and oxygen atoms in total. The van der Waals surface area contributed by atoms with Gasteiger partial charge in [0.1, 0.15) is 0 Å². The number of rotatable bonds is 4. The Morgan fingerprint density at radius 2 is 1.07 bits per heavy atom. The fourth-order valence-electron chi connectivity index (χ4n) is 1.45. The van der Waals surface area contributed by atoms with Crippen molar-refractivity contribution >= 4 is 69.0 Å². The Kier molecular flexibility index (Phi) is 16.2. The van der Waals surface area contributed by atoms with Gasteiger partial charge in [0.25, 0.3) is 0 Å². The Bertz CT molecular complexity index is 661. The Labute approximate surface area is 190 Å². The zero-order valence-electron chi connectivity index (χ0n) is 14.7. The first kappa shape index (κ1) is 25.8. The van der Waals surface area contributed by atoms with E-state index in [0.29, 0.717) is 8.64 Å². The third-order valence-electron chi connectivity index (χ3n) is 2.66. The quantitative estimate of drug-likeness (QED) is 0.163. The standard InChI is InChI=1S/2C9H10N2S2.Cu/c2*1-13-9(12)11-10-7-8-5-3-2-4-6-8;/h2*2-7H,1H3,(H,11,12);. The van der Waals surface area contributed by atoms with Crippen molar-refractivity contribution < 1.29 is 17.1 Å². The van der Waals surface area contributed by atoms with E-state index in [4.69, 9.17) is 0 Å². The van der Waals surface area contributed by atoms with Crippen LogP contribution in [0.25, 0.3) is 10.9 Å². The molecule has 1 radical (unpaired) electrons. The van der Waals surface area contributed by atoms with E-state index in [1.807, 2.05) is 73.2 Å². The van der Waals surface area contributed by atoms with Crippen LogP contribution in [0.15, 0.2) is 70.9 Å². The summed E-state index contributed by atoms with van der Waals surface area (Å²) in [6.07, 6.45) is 7.21. The largest absolute Gasteiger partial charge is 0.520 e. The van der Waals surface area contributed by atoms with Crippen molar-refractivity contribution in [3.8, 4) is 0 Å². The van der Waals surface area contributed by atoms with E-state index in [0.717, 1.165) is 11.1 Å². The van der Waals surface area contributed by atoms with Crippen molar-refractivity contribution in [3.05, 3.63) is 82.6 Å². The minimum atomic E-state index is 0. The number of nitrogens with zero attached hydrogens (tertiary/aromatic N) is 4. The van der Waals surface area contributed by atoms with Gasteiger partial charge in [-0.05, 0) is 23.6 Å². The van der Waals surface area contributed by atoms with Crippen LogP contribution in [0.4, 0.5) is 0 Å². The molecule has 0 bridgehead atoms. The van der Waals surface area contributed by atoms with Gasteiger partial charge in [-0.2, -0.15) is 0 Å². The summed E-state index contributed by atoms with van der Waals surface area (Å²) in [6.45, 7) is 0. The average molecular weight is 484 g/mol. The number of benzene rings is 2. The van der Waals surface area contributed by atoms with Crippen LogP contribution in [0.5, 0.6) is 0 Å². The average Bonchev–Trinajstić information content (AvgIpc) is 2.70. The van der Waals surface area contributed by atoms with Crippen LogP contribution in [-0.4, -0.2) is 33.6 Å². The SMILES string of the molecule is CSC(=[SH+])[N-]N=Cc1ccccc1.CSC(=[SH+])[N-]N=Cc1ccccc1.[Cu]. The molecule has 27 heavy (non-hydrogen) atoms. The molecule has 0 spiro atoms. The maximum atomic E-state index is 4.08. The predicted molar refractivity (Wildman–Crippen MR) is 129 cm³/mol. The van der Waals surface area contributed by atoms with Crippen molar-refractivity contribution in [1.29, 1.82) is 0 Å². The monoisotopic (exact) mass is 483 g/mol. The second-order valence-electron chi connectivity index (χ2n) is 4.48. The summed E-state index contributed by atoms with van der Waals surface area (Å²) >= 11 is 11.1. The Balaban J connectivity index is 0.000000483. The Hall–Kier alpha value is -1.22. The number of hydrogen-bond donors (Lipinski definition) is 0. The summed E-state index contributed by atoms with van der Waals surface area (Å²) in [5, 5.41) is 7.76. The molecule has 0 aromatic heterocycles. The number of thiol groups is 2. The van der Waals surface area contributed by atoms with E-state index >= 15 is 0 Å². The summed E-state index contributed by atoms with van der Waals surface area (Å²) in [4.78, 5) is 0. The molecule has 0 aliphatic rings. The first-order chi connectivity index (χ1) is 12.7. The summed E-state index contributed by atoms with van der Waals surface area (Å²) in [5.41, 5.74) is 9.77. The van der Waals surface area contributed by atoms with Gasteiger partial charge >= 0.3 is 0 Å². The second-order valence-corrected chi connectivity index (χ2v) is 7.53.